The van der Waals surface area contributed by atoms with Crippen molar-refractivity contribution >= 4 is 17.5 Å². The van der Waals surface area contributed by atoms with Gasteiger partial charge in [-0.05, 0) is 38.0 Å². The first-order chi connectivity index (χ1) is 9.52. The first-order valence-corrected chi connectivity index (χ1v) is 7.91. The predicted octanol–water partition coefficient (Wildman–Crippen LogP) is 0.912. The summed E-state index contributed by atoms with van der Waals surface area (Å²) < 4.78 is 13.8. The number of halogens is 2. The van der Waals surface area contributed by atoms with E-state index in [2.05, 4.69) is 5.32 Å². The van der Waals surface area contributed by atoms with E-state index in [1.807, 2.05) is 6.92 Å². The summed E-state index contributed by atoms with van der Waals surface area (Å²) in [5, 5.41) is 12.1. The Kier molecular flexibility index (Phi) is 3.95. The Hall–Kier alpha value is -0.390. The summed E-state index contributed by atoms with van der Waals surface area (Å²) in [5.41, 5.74) is 0. The molecule has 7 atom stereocenters. The van der Waals surface area contributed by atoms with Gasteiger partial charge in [0.15, 0.2) is 0 Å². The molecule has 1 aliphatic carbocycles. The molecular formula is C14H22ClFN2O2. The highest BCUT2D eigenvalue weighted by Gasteiger charge is 2.52. The lowest BCUT2D eigenvalue weighted by atomic mass is 9.75. The SMILES string of the molecule is C[C@@H]1CC2NC3C(Cl)C(F)CCC3C2CN1C(=O)CO. The Morgan fingerprint density at radius 1 is 1.45 bits per heavy atom. The van der Waals surface area contributed by atoms with Crippen molar-refractivity contribution < 1.29 is 14.3 Å². The number of fused-ring (bicyclic) bond motifs is 3. The molecule has 4 nitrogen and oxygen atoms in total. The average Bonchev–Trinajstić information content (AvgIpc) is 2.79. The maximum atomic E-state index is 13.8. The molecule has 2 N–H and O–H groups in total. The summed E-state index contributed by atoms with van der Waals surface area (Å²) in [6.45, 7) is 2.22. The second-order valence-electron chi connectivity index (χ2n) is 6.45. The van der Waals surface area contributed by atoms with Crippen LogP contribution in [0, 0.1) is 11.8 Å². The van der Waals surface area contributed by atoms with Crippen LogP contribution in [0.5, 0.6) is 0 Å². The van der Waals surface area contributed by atoms with Gasteiger partial charge in [-0.3, -0.25) is 4.79 Å². The lowest BCUT2D eigenvalue weighted by Gasteiger charge is -2.42. The highest BCUT2D eigenvalue weighted by Crippen LogP contribution is 2.44. The van der Waals surface area contributed by atoms with Crippen molar-refractivity contribution in [3.63, 3.8) is 0 Å². The van der Waals surface area contributed by atoms with E-state index in [1.54, 1.807) is 4.90 Å². The molecule has 2 aliphatic heterocycles. The van der Waals surface area contributed by atoms with E-state index < -0.39 is 18.2 Å². The zero-order chi connectivity index (χ0) is 14.4. The summed E-state index contributed by atoms with van der Waals surface area (Å²) in [6.07, 6.45) is 1.27. The standard InChI is InChI=1S/C14H22ClFN2O2/c1-7-4-11-9(5-18(7)12(20)6-19)8-2-3-10(16)13(15)14(8)17-11/h7-11,13-14,17,19H,2-6H2,1H3/t7-,8?,9?,10?,11?,13?,14?/m1/s1. The molecule has 0 aromatic heterocycles. The van der Waals surface area contributed by atoms with Gasteiger partial charge in [-0.2, -0.15) is 0 Å². The molecule has 0 spiro atoms. The van der Waals surface area contributed by atoms with Gasteiger partial charge in [0.05, 0.1) is 5.38 Å². The number of piperidine rings is 1. The molecule has 114 valence electrons. The number of likely N-dealkylation sites (tertiary alicyclic amines) is 1. The largest absolute Gasteiger partial charge is 0.387 e. The molecule has 3 rings (SSSR count). The molecule has 6 heteroatoms. The van der Waals surface area contributed by atoms with E-state index in [-0.39, 0.29) is 18.0 Å². The second kappa shape index (κ2) is 5.43. The van der Waals surface area contributed by atoms with E-state index in [0.29, 0.717) is 30.8 Å². The molecule has 0 aromatic rings. The molecule has 2 saturated heterocycles. The number of hydrogen-bond donors (Lipinski definition) is 2. The van der Waals surface area contributed by atoms with Crippen LogP contribution in [0.15, 0.2) is 0 Å². The summed E-state index contributed by atoms with van der Waals surface area (Å²) in [7, 11) is 0. The van der Waals surface area contributed by atoms with Crippen LogP contribution in [0.4, 0.5) is 4.39 Å². The highest BCUT2D eigenvalue weighted by atomic mass is 35.5. The summed E-state index contributed by atoms with van der Waals surface area (Å²) in [6, 6.07) is 0.444. The van der Waals surface area contributed by atoms with Crippen LogP contribution in [-0.4, -0.2) is 58.7 Å². The van der Waals surface area contributed by atoms with Crippen LogP contribution in [0.1, 0.15) is 26.2 Å². The zero-order valence-corrected chi connectivity index (χ0v) is 12.4. The minimum absolute atomic E-state index is 0.0202. The Labute approximate surface area is 123 Å². The summed E-state index contributed by atoms with van der Waals surface area (Å²) in [5.74, 6) is 0.470. The topological polar surface area (TPSA) is 52.6 Å². The monoisotopic (exact) mass is 304 g/mol. The smallest absolute Gasteiger partial charge is 0.248 e. The maximum absolute atomic E-state index is 13.8. The minimum Gasteiger partial charge on any atom is -0.387 e. The second-order valence-corrected chi connectivity index (χ2v) is 6.96. The van der Waals surface area contributed by atoms with Gasteiger partial charge >= 0.3 is 0 Å². The van der Waals surface area contributed by atoms with Gasteiger partial charge in [-0.25, -0.2) is 4.39 Å². The van der Waals surface area contributed by atoms with E-state index in [9.17, 15) is 9.18 Å². The number of carbonyl (C=O) groups is 1. The van der Waals surface area contributed by atoms with E-state index >= 15 is 0 Å². The molecule has 3 fully saturated rings. The van der Waals surface area contributed by atoms with Crippen LogP contribution < -0.4 is 5.32 Å². The number of hydrogen-bond acceptors (Lipinski definition) is 3. The van der Waals surface area contributed by atoms with Gasteiger partial charge in [0.1, 0.15) is 12.8 Å². The Morgan fingerprint density at radius 3 is 2.90 bits per heavy atom. The fourth-order valence-electron chi connectivity index (χ4n) is 4.36. The first-order valence-electron chi connectivity index (χ1n) is 7.47. The number of rotatable bonds is 1. The number of amides is 1. The van der Waals surface area contributed by atoms with Crippen molar-refractivity contribution in [3.8, 4) is 0 Å². The zero-order valence-electron chi connectivity index (χ0n) is 11.6. The molecule has 1 amide bonds. The third-order valence-corrected chi connectivity index (χ3v) is 5.93. The number of alkyl halides is 2. The Morgan fingerprint density at radius 2 is 2.20 bits per heavy atom. The third kappa shape index (κ3) is 2.24. The molecule has 3 aliphatic rings. The van der Waals surface area contributed by atoms with Crippen LogP contribution in [-0.2, 0) is 4.79 Å². The van der Waals surface area contributed by atoms with E-state index in [1.165, 1.54) is 0 Å². The van der Waals surface area contributed by atoms with Crippen molar-refractivity contribution in [2.24, 2.45) is 11.8 Å². The number of nitrogens with one attached hydrogen (secondary N) is 1. The van der Waals surface area contributed by atoms with Crippen molar-refractivity contribution in [3.05, 3.63) is 0 Å². The minimum atomic E-state index is -0.932. The predicted molar refractivity (Wildman–Crippen MR) is 74.3 cm³/mol. The van der Waals surface area contributed by atoms with Crippen LogP contribution in [0.3, 0.4) is 0 Å². The van der Waals surface area contributed by atoms with Crippen molar-refractivity contribution in [1.82, 2.24) is 10.2 Å². The van der Waals surface area contributed by atoms with Gasteiger partial charge in [0, 0.05) is 24.7 Å². The van der Waals surface area contributed by atoms with Crippen LogP contribution in [0.2, 0.25) is 0 Å². The van der Waals surface area contributed by atoms with Crippen LogP contribution in [0.25, 0.3) is 0 Å². The molecule has 6 unspecified atom stereocenters. The third-order valence-electron chi connectivity index (χ3n) is 5.39. The van der Waals surface area contributed by atoms with Crippen molar-refractivity contribution in [2.45, 2.75) is 55.9 Å². The number of carbonyl (C=O) groups excluding carboxylic acids is 1. The van der Waals surface area contributed by atoms with E-state index in [0.717, 1.165) is 12.8 Å². The van der Waals surface area contributed by atoms with Gasteiger partial charge in [-0.15, -0.1) is 11.6 Å². The fraction of sp³-hybridized carbons (Fsp3) is 0.929. The molecule has 0 bridgehead atoms. The lowest BCUT2D eigenvalue weighted by Crippen LogP contribution is -2.53. The van der Waals surface area contributed by atoms with E-state index in [4.69, 9.17) is 16.7 Å². The fourth-order valence-corrected chi connectivity index (χ4v) is 4.75. The summed E-state index contributed by atoms with van der Waals surface area (Å²) >= 11 is 6.24. The normalized spacial score (nSPS) is 47.8. The molecule has 2 heterocycles. The molecule has 0 aromatic carbocycles. The van der Waals surface area contributed by atoms with Gasteiger partial charge in [0.2, 0.25) is 5.91 Å². The molecule has 0 radical (unpaired) electrons. The Bertz CT molecular complexity index is 397. The van der Waals surface area contributed by atoms with Gasteiger partial charge in [0.25, 0.3) is 0 Å². The number of aliphatic hydroxyl groups excluding tert-OH is 1. The highest BCUT2D eigenvalue weighted by molar-refractivity contribution is 6.21. The van der Waals surface area contributed by atoms with Gasteiger partial charge in [-0.1, -0.05) is 0 Å². The molecule has 1 saturated carbocycles. The lowest BCUT2D eigenvalue weighted by molar-refractivity contribution is -0.139. The molecule has 20 heavy (non-hydrogen) atoms. The van der Waals surface area contributed by atoms with Crippen molar-refractivity contribution in [1.29, 1.82) is 0 Å². The van der Waals surface area contributed by atoms with Crippen molar-refractivity contribution in [2.75, 3.05) is 13.2 Å². The molecular weight excluding hydrogens is 283 g/mol. The number of nitrogens with zero attached hydrogens (tertiary/aromatic N) is 1. The first kappa shape index (κ1) is 14.5. The maximum Gasteiger partial charge on any atom is 0.248 e. The average molecular weight is 305 g/mol. The van der Waals surface area contributed by atoms with Gasteiger partial charge < -0.3 is 15.3 Å². The Balaban J connectivity index is 1.77. The number of aliphatic hydroxyl groups is 1. The van der Waals surface area contributed by atoms with Crippen LogP contribution >= 0.6 is 11.6 Å². The summed E-state index contributed by atoms with van der Waals surface area (Å²) in [4.78, 5) is 13.6. The quantitative estimate of drug-likeness (QED) is 0.708.